The lowest BCUT2D eigenvalue weighted by molar-refractivity contribution is 0.166. The molecule has 0 spiro atoms. The van der Waals surface area contributed by atoms with Crippen molar-refractivity contribution in [2.24, 2.45) is 0 Å². The maximum Gasteiger partial charge on any atom is 0.173 e. The van der Waals surface area contributed by atoms with E-state index in [2.05, 4.69) is 20.2 Å². The monoisotopic (exact) mass is 415 g/mol. The fourth-order valence-electron chi connectivity index (χ4n) is 3.27. The highest BCUT2D eigenvalue weighted by Crippen LogP contribution is 2.14. The first-order valence-electron chi connectivity index (χ1n) is 9.23. The van der Waals surface area contributed by atoms with Crippen molar-refractivity contribution in [3.05, 3.63) is 71.4 Å². The maximum atomic E-state index is 6.05. The molecule has 146 valence electrons. The van der Waals surface area contributed by atoms with Crippen LogP contribution >= 0.6 is 23.8 Å². The van der Waals surface area contributed by atoms with Gasteiger partial charge in [-0.05, 0) is 42.0 Å². The number of nitrogens with zero attached hydrogens (tertiary/aromatic N) is 4. The second-order valence-corrected chi connectivity index (χ2v) is 7.65. The van der Waals surface area contributed by atoms with Crippen LogP contribution in [0.2, 0.25) is 5.02 Å². The normalized spacial score (nSPS) is 15.0. The first kappa shape index (κ1) is 19.0. The zero-order chi connectivity index (χ0) is 19.3. The van der Waals surface area contributed by atoms with Crippen LogP contribution in [0.3, 0.4) is 0 Å². The van der Waals surface area contributed by atoms with E-state index >= 15 is 0 Å². The highest BCUT2D eigenvalue weighted by atomic mass is 35.5. The maximum absolute atomic E-state index is 6.05. The van der Waals surface area contributed by atoms with E-state index in [9.17, 15) is 0 Å². The Balaban J connectivity index is 1.27. The van der Waals surface area contributed by atoms with E-state index in [-0.39, 0.29) is 0 Å². The highest BCUT2D eigenvalue weighted by Gasteiger charge is 2.20. The molecule has 1 aromatic carbocycles. The lowest BCUT2D eigenvalue weighted by Gasteiger charge is -2.35. The molecule has 3 aromatic rings. The summed E-state index contributed by atoms with van der Waals surface area (Å²) in [5, 5.41) is 9.18. The molecule has 3 heterocycles. The molecule has 1 aliphatic heterocycles. The third-order valence-corrected chi connectivity index (χ3v) is 5.33. The Labute approximate surface area is 174 Å². The van der Waals surface area contributed by atoms with Gasteiger partial charge in [0.25, 0.3) is 0 Å². The van der Waals surface area contributed by atoms with Crippen LogP contribution in [0.1, 0.15) is 11.3 Å². The molecular weight excluding hydrogens is 394 g/mol. The predicted molar refractivity (Wildman–Crippen MR) is 115 cm³/mol. The number of anilines is 1. The van der Waals surface area contributed by atoms with Gasteiger partial charge >= 0.3 is 0 Å². The summed E-state index contributed by atoms with van der Waals surface area (Å²) in [6.07, 6.45) is 5.47. The fourth-order valence-corrected chi connectivity index (χ4v) is 3.78. The van der Waals surface area contributed by atoms with Gasteiger partial charge in [-0.1, -0.05) is 23.7 Å². The quantitative estimate of drug-likeness (QED) is 0.641. The number of hydrogen-bond donors (Lipinski definition) is 1. The molecule has 2 aromatic heterocycles. The van der Waals surface area contributed by atoms with Crippen molar-refractivity contribution in [2.45, 2.75) is 13.1 Å². The summed E-state index contributed by atoms with van der Waals surface area (Å²) in [6.45, 7) is 5.21. The summed E-state index contributed by atoms with van der Waals surface area (Å²) in [5.74, 6) is 1.00. The molecule has 0 saturated carbocycles. The minimum Gasteiger partial charge on any atom is -0.468 e. The number of furan rings is 1. The van der Waals surface area contributed by atoms with Gasteiger partial charge in [0.1, 0.15) is 5.76 Å². The van der Waals surface area contributed by atoms with E-state index in [1.54, 1.807) is 12.5 Å². The minimum atomic E-state index is 0.667. The number of thiocarbonyl (C=S) groups is 1. The molecule has 1 N–H and O–H groups in total. The Bertz CT molecular complexity index is 918. The Hall–Kier alpha value is -2.35. The van der Waals surface area contributed by atoms with E-state index in [1.807, 2.05) is 47.3 Å². The van der Waals surface area contributed by atoms with Crippen molar-refractivity contribution >= 4 is 34.6 Å². The van der Waals surface area contributed by atoms with Gasteiger partial charge < -0.3 is 14.6 Å². The molecule has 6 nitrogen and oxygen atoms in total. The third kappa shape index (κ3) is 4.92. The molecule has 1 aliphatic rings. The van der Waals surface area contributed by atoms with Gasteiger partial charge in [-0.15, -0.1) is 0 Å². The molecule has 1 saturated heterocycles. The Morgan fingerprint density at radius 1 is 1.14 bits per heavy atom. The second-order valence-electron chi connectivity index (χ2n) is 6.83. The van der Waals surface area contributed by atoms with Crippen LogP contribution in [0.4, 0.5) is 5.69 Å². The zero-order valence-corrected chi connectivity index (χ0v) is 17.0. The second kappa shape index (κ2) is 8.77. The summed E-state index contributed by atoms with van der Waals surface area (Å²) < 4.78 is 7.30. The molecule has 0 unspecified atom stereocenters. The molecule has 0 atom stereocenters. The predicted octanol–water partition coefficient (Wildman–Crippen LogP) is 3.69. The van der Waals surface area contributed by atoms with Gasteiger partial charge in [0.05, 0.1) is 31.2 Å². The average molecular weight is 416 g/mol. The number of hydrogen-bond acceptors (Lipinski definition) is 4. The Morgan fingerprint density at radius 3 is 2.75 bits per heavy atom. The Morgan fingerprint density at radius 2 is 2.00 bits per heavy atom. The summed E-state index contributed by atoms with van der Waals surface area (Å²) >= 11 is 11.6. The molecule has 0 bridgehead atoms. The smallest absolute Gasteiger partial charge is 0.173 e. The lowest BCUT2D eigenvalue weighted by atomic mass is 10.2. The summed E-state index contributed by atoms with van der Waals surface area (Å²) in [6, 6.07) is 11.7. The van der Waals surface area contributed by atoms with Crippen molar-refractivity contribution in [2.75, 3.05) is 31.5 Å². The molecule has 0 aliphatic carbocycles. The van der Waals surface area contributed by atoms with Crippen molar-refractivity contribution < 1.29 is 4.42 Å². The van der Waals surface area contributed by atoms with Gasteiger partial charge in [0.15, 0.2) is 5.11 Å². The van der Waals surface area contributed by atoms with Crippen LogP contribution in [0.5, 0.6) is 0 Å². The van der Waals surface area contributed by atoms with E-state index in [0.717, 1.165) is 59.9 Å². The number of benzene rings is 1. The number of rotatable bonds is 5. The van der Waals surface area contributed by atoms with Crippen LogP contribution < -0.4 is 5.32 Å². The van der Waals surface area contributed by atoms with Gasteiger partial charge in [0.2, 0.25) is 0 Å². The molecular formula is C20H22ClN5OS. The standard InChI is InChI=1S/C20H22ClN5OS/c21-17-4-1-3-16(11-17)13-26-14-18(12-22-26)23-20(28)25-8-6-24(7-9-25)15-19-5-2-10-27-19/h1-5,10-12,14H,6-9,13,15H2,(H,23,28). The number of nitrogens with one attached hydrogen (secondary N) is 1. The fraction of sp³-hybridized carbons (Fsp3) is 0.300. The van der Waals surface area contributed by atoms with Gasteiger partial charge in [0, 0.05) is 37.4 Å². The molecule has 4 rings (SSSR count). The lowest BCUT2D eigenvalue weighted by Crippen LogP contribution is -2.49. The van der Waals surface area contributed by atoms with Crippen LogP contribution in [0, 0.1) is 0 Å². The van der Waals surface area contributed by atoms with Crippen molar-refractivity contribution in [1.82, 2.24) is 19.6 Å². The van der Waals surface area contributed by atoms with Crippen molar-refractivity contribution in [1.29, 1.82) is 0 Å². The largest absolute Gasteiger partial charge is 0.468 e. The van der Waals surface area contributed by atoms with Crippen molar-refractivity contribution in [3.63, 3.8) is 0 Å². The molecule has 0 amide bonds. The van der Waals surface area contributed by atoms with E-state index < -0.39 is 0 Å². The first-order valence-corrected chi connectivity index (χ1v) is 10.0. The molecule has 28 heavy (non-hydrogen) atoms. The highest BCUT2D eigenvalue weighted by molar-refractivity contribution is 7.80. The molecule has 1 fully saturated rings. The van der Waals surface area contributed by atoms with Gasteiger partial charge in [-0.25, -0.2) is 0 Å². The number of aromatic nitrogens is 2. The number of piperazine rings is 1. The molecule has 0 radical (unpaired) electrons. The van der Waals surface area contributed by atoms with Crippen LogP contribution in [0.25, 0.3) is 0 Å². The SMILES string of the molecule is S=C(Nc1cnn(Cc2cccc(Cl)c2)c1)N1CCN(Cc2ccco2)CC1. The van der Waals surface area contributed by atoms with Crippen molar-refractivity contribution in [3.8, 4) is 0 Å². The van der Waals surface area contributed by atoms with Gasteiger partial charge in [-0.2, -0.15) is 5.10 Å². The zero-order valence-electron chi connectivity index (χ0n) is 15.4. The Kier molecular flexibility index (Phi) is 5.95. The van der Waals surface area contributed by atoms with E-state index in [1.165, 1.54) is 0 Å². The summed E-state index contributed by atoms with van der Waals surface area (Å²) in [5.41, 5.74) is 2.00. The van der Waals surface area contributed by atoms with E-state index in [0.29, 0.717) is 6.54 Å². The average Bonchev–Trinajstić information content (AvgIpc) is 3.34. The topological polar surface area (TPSA) is 49.5 Å². The third-order valence-electron chi connectivity index (χ3n) is 4.74. The van der Waals surface area contributed by atoms with Gasteiger partial charge in [-0.3, -0.25) is 9.58 Å². The summed E-state index contributed by atoms with van der Waals surface area (Å²) in [7, 11) is 0. The molecule has 8 heteroatoms. The van der Waals surface area contributed by atoms with Crippen LogP contribution in [-0.2, 0) is 13.1 Å². The summed E-state index contributed by atoms with van der Waals surface area (Å²) in [4.78, 5) is 4.57. The number of halogens is 1. The van der Waals surface area contributed by atoms with E-state index in [4.69, 9.17) is 28.2 Å². The van der Waals surface area contributed by atoms with Crippen LogP contribution in [0.15, 0.2) is 59.5 Å². The first-order chi connectivity index (χ1) is 13.7. The minimum absolute atomic E-state index is 0.667. The van der Waals surface area contributed by atoms with Crippen LogP contribution in [-0.4, -0.2) is 50.9 Å².